The monoisotopic (exact) mass is 351 g/mol. The number of hydrogen-bond acceptors (Lipinski definition) is 7. The lowest BCUT2D eigenvalue weighted by Gasteiger charge is -2.13. The topological polar surface area (TPSA) is 101 Å². The summed E-state index contributed by atoms with van der Waals surface area (Å²) in [5.41, 5.74) is 1.58. The number of aromatic nitrogens is 4. The summed E-state index contributed by atoms with van der Waals surface area (Å²) >= 11 is 2.61. The number of nitrogens with one attached hydrogen (secondary N) is 2. The van der Waals surface area contributed by atoms with Crippen molar-refractivity contribution in [2.75, 3.05) is 5.32 Å². The third kappa shape index (κ3) is 3.61. The van der Waals surface area contributed by atoms with Crippen molar-refractivity contribution in [1.29, 1.82) is 0 Å². The van der Waals surface area contributed by atoms with Crippen LogP contribution >= 0.6 is 23.1 Å². The Morgan fingerprint density at radius 1 is 1.43 bits per heavy atom. The number of fused-ring (bicyclic) bond motifs is 1. The largest absolute Gasteiger partial charge is 0.301 e. The number of nitrogens with zero attached hydrogens (tertiary/aromatic N) is 3. The Kier molecular flexibility index (Phi) is 4.76. The van der Waals surface area contributed by atoms with Crippen LogP contribution in [-0.4, -0.2) is 31.3 Å². The highest BCUT2D eigenvalue weighted by Gasteiger charge is 2.23. The Morgan fingerprint density at radius 3 is 2.96 bits per heavy atom. The number of amides is 1. The zero-order chi connectivity index (χ0) is 16.4. The maximum atomic E-state index is 12.4. The highest BCUT2D eigenvalue weighted by molar-refractivity contribution is 8.00. The van der Waals surface area contributed by atoms with Crippen LogP contribution in [0.25, 0.3) is 0 Å². The van der Waals surface area contributed by atoms with E-state index >= 15 is 0 Å². The van der Waals surface area contributed by atoms with Crippen LogP contribution in [0.1, 0.15) is 36.0 Å². The van der Waals surface area contributed by atoms with E-state index in [0.717, 1.165) is 35.5 Å². The average Bonchev–Trinajstić information content (AvgIpc) is 3.13. The molecule has 2 aromatic heterocycles. The number of carbonyl (C=O) groups is 1. The maximum absolute atomic E-state index is 12.4. The van der Waals surface area contributed by atoms with Gasteiger partial charge in [0, 0.05) is 5.56 Å². The van der Waals surface area contributed by atoms with E-state index in [0.29, 0.717) is 16.7 Å². The Hall–Kier alpha value is -1.74. The summed E-state index contributed by atoms with van der Waals surface area (Å²) in [5.74, 6) is -0.156. The molecule has 2 N–H and O–H groups in total. The van der Waals surface area contributed by atoms with E-state index < -0.39 is 0 Å². The minimum Gasteiger partial charge on any atom is -0.301 e. The number of thioether (sulfide) groups is 1. The van der Waals surface area contributed by atoms with Crippen LogP contribution in [-0.2, 0) is 17.6 Å². The fraction of sp³-hybridized carbons (Fsp3) is 0.500. The first-order chi connectivity index (χ1) is 11.1. The van der Waals surface area contributed by atoms with Crippen LogP contribution in [0.5, 0.6) is 0 Å². The van der Waals surface area contributed by atoms with Crippen LogP contribution in [0.2, 0.25) is 0 Å². The van der Waals surface area contributed by atoms with Crippen LogP contribution in [0, 0.1) is 6.92 Å². The van der Waals surface area contributed by atoms with Crippen molar-refractivity contribution >= 4 is 34.1 Å². The third-order valence-electron chi connectivity index (χ3n) is 3.59. The van der Waals surface area contributed by atoms with Gasteiger partial charge in [-0.1, -0.05) is 30.0 Å². The first-order valence-electron chi connectivity index (χ1n) is 7.46. The van der Waals surface area contributed by atoms with E-state index in [1.165, 1.54) is 23.1 Å². The van der Waals surface area contributed by atoms with Gasteiger partial charge < -0.3 is 4.98 Å². The predicted molar refractivity (Wildman–Crippen MR) is 90.1 cm³/mol. The molecule has 2 aromatic rings. The summed E-state index contributed by atoms with van der Waals surface area (Å²) in [5, 5.41) is 12.0. The quantitative estimate of drug-likeness (QED) is 0.630. The van der Waals surface area contributed by atoms with Crippen LogP contribution in [0.4, 0.5) is 5.13 Å². The standard InChI is InChI=1S/C14H17N5O2S2/c1-3-10(12(21)17-14-19-18-7(2)22-14)23-13-15-9-6-4-5-8(9)11(20)16-13/h10H,3-6H2,1-2H3,(H,15,16,20)(H,17,19,21). The molecule has 0 saturated carbocycles. The van der Waals surface area contributed by atoms with E-state index in [1.54, 1.807) is 0 Å². The lowest BCUT2D eigenvalue weighted by Crippen LogP contribution is -2.25. The normalized spacial score (nSPS) is 14.5. The molecule has 0 bridgehead atoms. The summed E-state index contributed by atoms with van der Waals surface area (Å²) < 4.78 is 0. The molecule has 1 amide bonds. The van der Waals surface area contributed by atoms with Gasteiger partial charge in [-0.2, -0.15) is 0 Å². The van der Waals surface area contributed by atoms with Crippen LogP contribution in [0.15, 0.2) is 9.95 Å². The summed E-state index contributed by atoms with van der Waals surface area (Å²) in [6.45, 7) is 3.76. The molecular weight excluding hydrogens is 334 g/mol. The summed E-state index contributed by atoms with van der Waals surface area (Å²) in [4.78, 5) is 31.7. The number of carbonyl (C=O) groups excluding carboxylic acids is 1. The molecule has 7 nitrogen and oxygen atoms in total. The lowest BCUT2D eigenvalue weighted by atomic mass is 10.3. The van der Waals surface area contributed by atoms with Crippen molar-refractivity contribution in [3.8, 4) is 0 Å². The molecule has 2 heterocycles. The molecule has 0 radical (unpaired) electrons. The first-order valence-corrected chi connectivity index (χ1v) is 9.16. The molecule has 23 heavy (non-hydrogen) atoms. The smallest absolute Gasteiger partial charge is 0.254 e. The predicted octanol–water partition coefficient (Wildman–Crippen LogP) is 1.93. The number of rotatable bonds is 5. The number of aryl methyl sites for hydroxylation is 2. The van der Waals surface area contributed by atoms with Crippen molar-refractivity contribution < 1.29 is 4.79 Å². The van der Waals surface area contributed by atoms with Crippen molar-refractivity contribution in [2.45, 2.75) is 49.9 Å². The van der Waals surface area contributed by atoms with E-state index in [-0.39, 0.29) is 16.7 Å². The fourth-order valence-electron chi connectivity index (χ4n) is 2.46. The molecule has 122 valence electrons. The molecule has 1 unspecified atom stereocenters. The second kappa shape index (κ2) is 6.79. The van der Waals surface area contributed by atoms with E-state index in [4.69, 9.17) is 0 Å². The molecule has 0 aliphatic heterocycles. The molecule has 3 rings (SSSR count). The molecule has 0 spiro atoms. The van der Waals surface area contributed by atoms with Gasteiger partial charge in [0.2, 0.25) is 11.0 Å². The number of aromatic amines is 1. The second-order valence-corrected chi connectivity index (χ2v) is 7.65. The second-order valence-electron chi connectivity index (χ2n) is 5.28. The van der Waals surface area contributed by atoms with Crippen molar-refractivity contribution in [3.63, 3.8) is 0 Å². The zero-order valence-electron chi connectivity index (χ0n) is 12.9. The summed E-state index contributed by atoms with van der Waals surface area (Å²) in [6, 6.07) is 0. The lowest BCUT2D eigenvalue weighted by molar-refractivity contribution is -0.115. The molecule has 1 aliphatic rings. The molecule has 1 atom stereocenters. The summed E-state index contributed by atoms with van der Waals surface area (Å²) in [7, 11) is 0. The first kappa shape index (κ1) is 16.1. The Morgan fingerprint density at radius 2 is 2.26 bits per heavy atom. The molecule has 0 saturated heterocycles. The van der Waals surface area contributed by atoms with Crippen LogP contribution < -0.4 is 10.9 Å². The highest BCUT2D eigenvalue weighted by atomic mass is 32.2. The Balaban J connectivity index is 1.73. The van der Waals surface area contributed by atoms with Gasteiger partial charge in [0.15, 0.2) is 5.16 Å². The Bertz CT molecular complexity index is 786. The molecule has 0 fully saturated rings. The average molecular weight is 351 g/mol. The van der Waals surface area contributed by atoms with Crippen molar-refractivity contribution in [1.82, 2.24) is 20.2 Å². The van der Waals surface area contributed by atoms with Gasteiger partial charge in [-0.3, -0.25) is 14.9 Å². The molecule has 9 heteroatoms. The van der Waals surface area contributed by atoms with Gasteiger partial charge in [-0.25, -0.2) is 4.98 Å². The third-order valence-corrected chi connectivity index (χ3v) is 5.60. The van der Waals surface area contributed by atoms with Crippen molar-refractivity contribution in [2.24, 2.45) is 0 Å². The SMILES string of the molecule is CCC(Sc1nc2c(c(=O)[nH]1)CCC2)C(=O)Nc1nnc(C)s1. The molecule has 0 aromatic carbocycles. The van der Waals surface area contributed by atoms with Gasteiger partial charge in [0.05, 0.1) is 10.9 Å². The van der Waals surface area contributed by atoms with Gasteiger partial charge in [-0.05, 0) is 32.6 Å². The molecule has 1 aliphatic carbocycles. The fourth-order valence-corrected chi connectivity index (χ4v) is 3.98. The zero-order valence-corrected chi connectivity index (χ0v) is 14.5. The minimum atomic E-state index is -0.346. The number of H-pyrrole nitrogens is 1. The highest BCUT2D eigenvalue weighted by Crippen LogP contribution is 2.25. The van der Waals surface area contributed by atoms with Gasteiger partial charge in [0.25, 0.3) is 5.56 Å². The van der Waals surface area contributed by atoms with E-state index in [1.807, 2.05) is 13.8 Å². The van der Waals surface area contributed by atoms with E-state index in [2.05, 4.69) is 25.5 Å². The minimum absolute atomic E-state index is 0.0787. The number of anilines is 1. The number of hydrogen-bond donors (Lipinski definition) is 2. The van der Waals surface area contributed by atoms with E-state index in [9.17, 15) is 9.59 Å². The van der Waals surface area contributed by atoms with Gasteiger partial charge in [-0.15, -0.1) is 10.2 Å². The summed E-state index contributed by atoms with van der Waals surface area (Å²) in [6.07, 6.45) is 3.21. The Labute approximate surface area is 141 Å². The van der Waals surface area contributed by atoms with Gasteiger partial charge >= 0.3 is 0 Å². The molecular formula is C14H17N5O2S2. The van der Waals surface area contributed by atoms with Crippen molar-refractivity contribution in [3.05, 3.63) is 26.6 Å². The maximum Gasteiger partial charge on any atom is 0.254 e. The van der Waals surface area contributed by atoms with Crippen LogP contribution in [0.3, 0.4) is 0 Å². The van der Waals surface area contributed by atoms with Gasteiger partial charge in [0.1, 0.15) is 5.01 Å².